The molecule has 0 aromatic carbocycles. The van der Waals surface area contributed by atoms with Gasteiger partial charge in [0.15, 0.2) is 0 Å². The van der Waals surface area contributed by atoms with Gasteiger partial charge < -0.3 is 9.94 Å². The van der Waals surface area contributed by atoms with Crippen molar-refractivity contribution in [2.24, 2.45) is 28.3 Å². The molecule has 4 saturated carbocycles. The fraction of sp³-hybridized carbons (Fsp3) is 0.929. The molecular weight excluding hydrogens is 214 g/mol. The monoisotopic (exact) mass is 235 g/mol. The highest BCUT2D eigenvalue weighted by Crippen LogP contribution is 2.65. The van der Waals surface area contributed by atoms with Gasteiger partial charge >= 0.3 is 0 Å². The van der Waals surface area contributed by atoms with E-state index < -0.39 is 5.79 Å². The Morgan fingerprint density at radius 3 is 2.06 bits per heavy atom. The molecule has 5 rings (SSSR count). The van der Waals surface area contributed by atoms with Gasteiger partial charge in [-0.25, -0.2) is 0 Å². The molecular formula is C14H21NO2. The lowest BCUT2D eigenvalue weighted by Gasteiger charge is -2.59. The molecule has 3 nitrogen and oxygen atoms in total. The van der Waals surface area contributed by atoms with E-state index in [0.717, 1.165) is 23.5 Å². The van der Waals surface area contributed by atoms with Crippen LogP contribution in [0, 0.1) is 23.2 Å². The molecule has 1 unspecified atom stereocenters. The van der Waals surface area contributed by atoms with Gasteiger partial charge in [-0.1, -0.05) is 5.16 Å². The van der Waals surface area contributed by atoms with Crippen molar-refractivity contribution in [1.29, 1.82) is 0 Å². The average Bonchev–Trinajstić information content (AvgIpc) is 2.58. The zero-order valence-electron chi connectivity index (χ0n) is 10.5. The Morgan fingerprint density at radius 2 is 1.65 bits per heavy atom. The second-order valence-corrected chi connectivity index (χ2v) is 7.08. The molecule has 0 saturated heterocycles. The van der Waals surface area contributed by atoms with E-state index in [2.05, 4.69) is 5.16 Å². The zero-order chi connectivity index (χ0) is 11.7. The van der Waals surface area contributed by atoms with Crippen LogP contribution in [0.4, 0.5) is 0 Å². The molecule has 5 aliphatic rings. The van der Waals surface area contributed by atoms with E-state index in [4.69, 9.17) is 4.84 Å². The molecule has 0 aromatic rings. The van der Waals surface area contributed by atoms with Crippen molar-refractivity contribution in [3.63, 3.8) is 0 Å². The predicted molar refractivity (Wildman–Crippen MR) is 64.4 cm³/mol. The molecule has 0 aromatic heterocycles. The minimum atomic E-state index is -0.979. The van der Waals surface area contributed by atoms with Crippen LogP contribution in [0.3, 0.4) is 0 Å². The fourth-order valence-electron chi connectivity index (χ4n) is 5.44. The molecule has 0 amide bonds. The number of nitrogens with zero attached hydrogens (tertiary/aromatic N) is 1. The van der Waals surface area contributed by atoms with Gasteiger partial charge in [-0.05, 0) is 63.2 Å². The molecule has 1 heterocycles. The van der Waals surface area contributed by atoms with Crippen molar-refractivity contribution in [3.8, 4) is 0 Å². The predicted octanol–water partition coefficient (Wildman–Crippen LogP) is 2.69. The molecule has 4 aliphatic carbocycles. The third-order valence-electron chi connectivity index (χ3n) is 5.71. The van der Waals surface area contributed by atoms with Crippen molar-refractivity contribution >= 4 is 5.71 Å². The quantitative estimate of drug-likeness (QED) is 0.759. The molecule has 0 spiro atoms. The summed E-state index contributed by atoms with van der Waals surface area (Å²) < 4.78 is 0. The van der Waals surface area contributed by atoms with Crippen LogP contribution in [0.2, 0.25) is 0 Å². The van der Waals surface area contributed by atoms with Gasteiger partial charge in [0.1, 0.15) is 0 Å². The summed E-state index contributed by atoms with van der Waals surface area (Å²) in [5, 5.41) is 14.9. The van der Waals surface area contributed by atoms with Crippen molar-refractivity contribution < 1.29 is 9.94 Å². The van der Waals surface area contributed by atoms with Crippen LogP contribution >= 0.6 is 0 Å². The summed E-state index contributed by atoms with van der Waals surface area (Å²) in [7, 11) is 0. The van der Waals surface area contributed by atoms with Gasteiger partial charge in [0.2, 0.25) is 5.79 Å². The Hall–Kier alpha value is -0.570. The second kappa shape index (κ2) is 3.05. The van der Waals surface area contributed by atoms with Crippen LogP contribution in [0.5, 0.6) is 0 Å². The summed E-state index contributed by atoms with van der Waals surface area (Å²) in [5.74, 6) is 1.55. The molecule has 1 N–H and O–H groups in total. The maximum absolute atomic E-state index is 10.9. The van der Waals surface area contributed by atoms with E-state index >= 15 is 0 Å². The van der Waals surface area contributed by atoms with Crippen molar-refractivity contribution in [3.05, 3.63) is 0 Å². The maximum atomic E-state index is 10.9. The van der Waals surface area contributed by atoms with Gasteiger partial charge in [0.25, 0.3) is 0 Å². The largest absolute Gasteiger partial charge is 0.360 e. The van der Waals surface area contributed by atoms with E-state index in [1.807, 2.05) is 6.92 Å². The minimum absolute atomic E-state index is 0.0169. The van der Waals surface area contributed by atoms with E-state index in [1.165, 1.54) is 38.5 Å². The number of oxime groups is 1. The summed E-state index contributed by atoms with van der Waals surface area (Å²) >= 11 is 0. The first-order valence-electron chi connectivity index (χ1n) is 7.03. The number of aliphatic hydroxyl groups is 1. The topological polar surface area (TPSA) is 41.8 Å². The van der Waals surface area contributed by atoms with Crippen LogP contribution in [0.1, 0.15) is 51.9 Å². The fourth-order valence-corrected chi connectivity index (χ4v) is 5.44. The first-order valence-corrected chi connectivity index (χ1v) is 7.03. The van der Waals surface area contributed by atoms with Crippen molar-refractivity contribution in [2.75, 3.05) is 0 Å². The molecule has 4 fully saturated rings. The summed E-state index contributed by atoms with van der Waals surface area (Å²) in [6.45, 7) is 1.96. The van der Waals surface area contributed by atoms with Crippen LogP contribution in [0.25, 0.3) is 0 Å². The van der Waals surface area contributed by atoms with E-state index in [0.29, 0.717) is 6.42 Å². The SMILES string of the molecule is CC1=NOC(O)(C23CC4CC(CC(C4)C2)C3)C1. The van der Waals surface area contributed by atoms with Crippen LogP contribution < -0.4 is 0 Å². The van der Waals surface area contributed by atoms with E-state index in [-0.39, 0.29) is 5.41 Å². The highest BCUT2D eigenvalue weighted by molar-refractivity contribution is 5.83. The van der Waals surface area contributed by atoms with Gasteiger partial charge in [-0.2, -0.15) is 0 Å². The van der Waals surface area contributed by atoms with Crippen molar-refractivity contribution in [1.82, 2.24) is 0 Å². The highest BCUT2D eigenvalue weighted by atomic mass is 16.7. The molecule has 0 radical (unpaired) electrons. The molecule has 94 valence electrons. The Balaban J connectivity index is 1.69. The Bertz CT molecular complexity index is 354. The Labute approximate surface area is 102 Å². The van der Waals surface area contributed by atoms with Crippen LogP contribution in [-0.4, -0.2) is 16.6 Å². The first kappa shape index (κ1) is 10.4. The lowest BCUT2D eigenvalue weighted by molar-refractivity contribution is -0.297. The lowest BCUT2D eigenvalue weighted by Crippen LogP contribution is -2.58. The first-order chi connectivity index (χ1) is 8.09. The second-order valence-electron chi connectivity index (χ2n) is 7.08. The number of hydrogen-bond donors (Lipinski definition) is 1. The summed E-state index contributed by atoms with van der Waals surface area (Å²) in [5.41, 5.74) is 0.964. The van der Waals surface area contributed by atoms with E-state index in [1.54, 1.807) is 0 Å². The average molecular weight is 235 g/mol. The Morgan fingerprint density at radius 1 is 1.12 bits per heavy atom. The summed E-state index contributed by atoms with van der Waals surface area (Å²) in [4.78, 5) is 5.48. The minimum Gasteiger partial charge on any atom is -0.360 e. The highest BCUT2D eigenvalue weighted by Gasteiger charge is 2.63. The molecule has 4 bridgehead atoms. The van der Waals surface area contributed by atoms with Gasteiger partial charge in [-0.15, -0.1) is 0 Å². The normalized spacial score (nSPS) is 55.9. The van der Waals surface area contributed by atoms with E-state index in [9.17, 15) is 5.11 Å². The molecule has 1 aliphatic heterocycles. The maximum Gasteiger partial charge on any atom is 0.245 e. The Kier molecular flexibility index (Phi) is 1.86. The third-order valence-corrected chi connectivity index (χ3v) is 5.71. The lowest BCUT2D eigenvalue weighted by atomic mass is 9.47. The third kappa shape index (κ3) is 1.29. The number of hydrogen-bond acceptors (Lipinski definition) is 3. The summed E-state index contributed by atoms with van der Waals surface area (Å²) in [6, 6.07) is 0. The number of rotatable bonds is 1. The van der Waals surface area contributed by atoms with Crippen LogP contribution in [0.15, 0.2) is 5.16 Å². The summed E-state index contributed by atoms with van der Waals surface area (Å²) in [6.07, 6.45) is 8.31. The van der Waals surface area contributed by atoms with Crippen LogP contribution in [-0.2, 0) is 4.84 Å². The molecule has 17 heavy (non-hydrogen) atoms. The zero-order valence-corrected chi connectivity index (χ0v) is 10.5. The smallest absolute Gasteiger partial charge is 0.245 e. The van der Waals surface area contributed by atoms with Crippen molar-refractivity contribution in [2.45, 2.75) is 57.7 Å². The molecule has 3 heteroatoms. The van der Waals surface area contributed by atoms with Gasteiger partial charge in [-0.3, -0.25) is 0 Å². The standard InChI is InChI=1S/C14H21NO2/c1-9-5-14(16,17-15-9)13-6-10-2-11(7-13)4-12(3-10)8-13/h10-12,16H,2-8H2,1H3. The van der Waals surface area contributed by atoms with Gasteiger partial charge in [0, 0.05) is 5.41 Å². The molecule has 1 atom stereocenters. The van der Waals surface area contributed by atoms with Gasteiger partial charge in [0.05, 0.1) is 12.1 Å².